The first-order valence-corrected chi connectivity index (χ1v) is 5.74. The number of rotatable bonds is 7. The normalized spacial score (nSPS) is 10.4. The molecule has 0 saturated heterocycles. The molecule has 0 aliphatic heterocycles. The zero-order valence-corrected chi connectivity index (χ0v) is 9.99. The van der Waals surface area contributed by atoms with Crippen LogP contribution in [0.15, 0.2) is 12.5 Å². The van der Waals surface area contributed by atoms with Gasteiger partial charge in [-0.2, -0.15) is 0 Å². The van der Waals surface area contributed by atoms with Crippen molar-refractivity contribution in [1.82, 2.24) is 20.2 Å². The molecule has 5 heteroatoms. The van der Waals surface area contributed by atoms with Crippen LogP contribution in [0.1, 0.15) is 26.0 Å². The maximum absolute atomic E-state index is 11.4. The lowest BCUT2D eigenvalue weighted by molar-refractivity contribution is -0.121. The quantitative estimate of drug-likeness (QED) is 0.710. The van der Waals surface area contributed by atoms with Crippen LogP contribution in [-0.2, 0) is 17.9 Å². The van der Waals surface area contributed by atoms with Gasteiger partial charge < -0.3 is 15.2 Å². The Hall–Kier alpha value is -1.36. The highest BCUT2D eigenvalue weighted by atomic mass is 16.1. The summed E-state index contributed by atoms with van der Waals surface area (Å²) >= 11 is 0. The topological polar surface area (TPSA) is 59.0 Å². The van der Waals surface area contributed by atoms with E-state index in [1.165, 1.54) is 0 Å². The fraction of sp³-hybridized carbons (Fsp3) is 0.636. The average Bonchev–Trinajstić information content (AvgIpc) is 2.71. The summed E-state index contributed by atoms with van der Waals surface area (Å²) < 4.78 is 1.80. The number of aromatic nitrogens is 2. The molecule has 16 heavy (non-hydrogen) atoms. The van der Waals surface area contributed by atoms with Gasteiger partial charge in [0.25, 0.3) is 0 Å². The molecule has 0 fully saturated rings. The SMILES string of the molecule is CCCNC(=O)Cn1cnc(CNCC)c1. The molecule has 0 aliphatic carbocycles. The monoisotopic (exact) mass is 224 g/mol. The zero-order chi connectivity index (χ0) is 11.8. The van der Waals surface area contributed by atoms with Crippen LogP contribution >= 0.6 is 0 Å². The van der Waals surface area contributed by atoms with E-state index in [9.17, 15) is 4.79 Å². The second-order valence-electron chi connectivity index (χ2n) is 3.67. The van der Waals surface area contributed by atoms with Gasteiger partial charge in [0.1, 0.15) is 6.54 Å². The molecular weight excluding hydrogens is 204 g/mol. The second kappa shape index (κ2) is 7.00. The van der Waals surface area contributed by atoms with Crippen LogP contribution in [0, 0.1) is 0 Å². The van der Waals surface area contributed by atoms with Crippen molar-refractivity contribution in [3.63, 3.8) is 0 Å². The predicted octanol–water partition coefficient (Wildman–Crippen LogP) is 0.519. The van der Waals surface area contributed by atoms with Gasteiger partial charge in [-0.05, 0) is 13.0 Å². The standard InChI is InChI=1S/C11H20N4O/c1-3-5-13-11(16)8-15-7-10(14-9-15)6-12-4-2/h7,9,12H,3-6,8H2,1-2H3,(H,13,16). The molecule has 0 unspecified atom stereocenters. The van der Waals surface area contributed by atoms with Crippen molar-refractivity contribution in [3.8, 4) is 0 Å². The number of nitrogens with zero attached hydrogens (tertiary/aromatic N) is 2. The number of nitrogens with one attached hydrogen (secondary N) is 2. The van der Waals surface area contributed by atoms with E-state index >= 15 is 0 Å². The second-order valence-corrected chi connectivity index (χ2v) is 3.67. The Bertz CT molecular complexity index is 322. The van der Waals surface area contributed by atoms with Crippen molar-refractivity contribution in [2.24, 2.45) is 0 Å². The highest BCUT2D eigenvalue weighted by Gasteiger charge is 2.03. The van der Waals surface area contributed by atoms with Crippen LogP contribution in [0.3, 0.4) is 0 Å². The predicted molar refractivity (Wildman–Crippen MR) is 62.9 cm³/mol. The van der Waals surface area contributed by atoms with Crippen LogP contribution in [0.2, 0.25) is 0 Å². The molecular formula is C11H20N4O. The van der Waals surface area contributed by atoms with Gasteiger partial charge >= 0.3 is 0 Å². The van der Waals surface area contributed by atoms with E-state index in [1.54, 1.807) is 10.9 Å². The maximum atomic E-state index is 11.4. The first-order valence-electron chi connectivity index (χ1n) is 5.74. The van der Waals surface area contributed by atoms with E-state index in [1.807, 2.05) is 13.1 Å². The van der Waals surface area contributed by atoms with Crippen molar-refractivity contribution in [2.75, 3.05) is 13.1 Å². The highest BCUT2D eigenvalue weighted by Crippen LogP contribution is 1.95. The zero-order valence-electron chi connectivity index (χ0n) is 9.99. The van der Waals surface area contributed by atoms with Gasteiger partial charge in [-0.15, -0.1) is 0 Å². The van der Waals surface area contributed by atoms with E-state index < -0.39 is 0 Å². The minimum Gasteiger partial charge on any atom is -0.355 e. The maximum Gasteiger partial charge on any atom is 0.239 e. The molecule has 1 aromatic rings. The van der Waals surface area contributed by atoms with Crippen LogP contribution in [0.4, 0.5) is 0 Å². The molecule has 0 radical (unpaired) electrons. The van der Waals surface area contributed by atoms with Gasteiger partial charge in [0.2, 0.25) is 5.91 Å². The Kier molecular flexibility index (Phi) is 5.56. The van der Waals surface area contributed by atoms with Gasteiger partial charge in [0, 0.05) is 19.3 Å². The van der Waals surface area contributed by atoms with Gasteiger partial charge in [-0.25, -0.2) is 4.98 Å². The number of imidazole rings is 1. The summed E-state index contributed by atoms with van der Waals surface area (Å²) in [6, 6.07) is 0. The molecule has 1 aromatic heterocycles. The number of hydrogen-bond donors (Lipinski definition) is 2. The molecule has 2 N–H and O–H groups in total. The van der Waals surface area contributed by atoms with Crippen LogP contribution in [0.25, 0.3) is 0 Å². The smallest absolute Gasteiger partial charge is 0.239 e. The highest BCUT2D eigenvalue weighted by molar-refractivity contribution is 5.75. The van der Waals surface area contributed by atoms with Gasteiger partial charge in [-0.3, -0.25) is 4.79 Å². The summed E-state index contributed by atoms with van der Waals surface area (Å²) in [5, 5.41) is 6.02. The third-order valence-electron chi connectivity index (χ3n) is 2.14. The summed E-state index contributed by atoms with van der Waals surface area (Å²) in [6.07, 6.45) is 4.55. The van der Waals surface area contributed by atoms with E-state index in [0.29, 0.717) is 6.54 Å². The van der Waals surface area contributed by atoms with Crippen LogP contribution in [-0.4, -0.2) is 28.5 Å². The van der Waals surface area contributed by atoms with Crippen molar-refractivity contribution < 1.29 is 4.79 Å². The molecule has 1 heterocycles. The Labute approximate surface area is 96.3 Å². The van der Waals surface area contributed by atoms with Gasteiger partial charge in [0.15, 0.2) is 0 Å². The minimum atomic E-state index is 0.0363. The molecule has 0 spiro atoms. The fourth-order valence-electron chi connectivity index (χ4n) is 1.32. The molecule has 1 rings (SSSR count). The van der Waals surface area contributed by atoms with Gasteiger partial charge in [-0.1, -0.05) is 13.8 Å². The fourth-order valence-corrected chi connectivity index (χ4v) is 1.32. The Balaban J connectivity index is 2.36. The van der Waals surface area contributed by atoms with Crippen molar-refractivity contribution in [1.29, 1.82) is 0 Å². The molecule has 0 aliphatic rings. The number of carbonyl (C=O) groups excluding carboxylic acids is 1. The van der Waals surface area contributed by atoms with Crippen molar-refractivity contribution in [2.45, 2.75) is 33.4 Å². The van der Waals surface area contributed by atoms with E-state index in [2.05, 4.69) is 22.5 Å². The lowest BCUT2D eigenvalue weighted by Gasteiger charge is -2.03. The summed E-state index contributed by atoms with van der Waals surface area (Å²) in [6.45, 7) is 6.84. The molecule has 5 nitrogen and oxygen atoms in total. The van der Waals surface area contributed by atoms with Gasteiger partial charge in [0.05, 0.1) is 12.0 Å². The molecule has 0 atom stereocenters. The lowest BCUT2D eigenvalue weighted by Crippen LogP contribution is -2.27. The Morgan fingerprint density at radius 1 is 1.50 bits per heavy atom. The largest absolute Gasteiger partial charge is 0.355 e. The summed E-state index contributed by atoms with van der Waals surface area (Å²) in [4.78, 5) is 15.6. The molecule has 90 valence electrons. The molecule has 1 amide bonds. The number of hydrogen-bond acceptors (Lipinski definition) is 3. The third kappa shape index (κ3) is 4.44. The van der Waals surface area contributed by atoms with E-state index in [-0.39, 0.29) is 5.91 Å². The minimum absolute atomic E-state index is 0.0363. The summed E-state index contributed by atoms with van der Waals surface area (Å²) in [5.74, 6) is 0.0363. The van der Waals surface area contributed by atoms with Crippen LogP contribution in [0.5, 0.6) is 0 Å². The van der Waals surface area contributed by atoms with Crippen molar-refractivity contribution in [3.05, 3.63) is 18.2 Å². The van der Waals surface area contributed by atoms with E-state index in [0.717, 1.165) is 31.7 Å². The van der Waals surface area contributed by atoms with Crippen LogP contribution < -0.4 is 10.6 Å². The molecule has 0 saturated carbocycles. The molecule has 0 bridgehead atoms. The Morgan fingerprint density at radius 3 is 3.00 bits per heavy atom. The van der Waals surface area contributed by atoms with E-state index in [4.69, 9.17) is 0 Å². The third-order valence-corrected chi connectivity index (χ3v) is 2.14. The summed E-state index contributed by atoms with van der Waals surface area (Å²) in [7, 11) is 0. The summed E-state index contributed by atoms with van der Waals surface area (Å²) in [5.41, 5.74) is 0.963. The number of carbonyl (C=O) groups is 1. The molecule has 0 aromatic carbocycles. The Morgan fingerprint density at radius 2 is 2.31 bits per heavy atom. The average molecular weight is 224 g/mol. The lowest BCUT2D eigenvalue weighted by atomic mass is 10.4. The number of amides is 1. The first kappa shape index (κ1) is 12.7. The first-order chi connectivity index (χ1) is 7.76. The van der Waals surface area contributed by atoms with Crippen molar-refractivity contribution >= 4 is 5.91 Å².